The molecule has 0 aliphatic heterocycles. The Bertz CT molecular complexity index is 1090. The Morgan fingerprint density at radius 2 is 1.81 bits per heavy atom. The van der Waals surface area contributed by atoms with Gasteiger partial charge >= 0.3 is 5.97 Å². The van der Waals surface area contributed by atoms with E-state index in [-0.39, 0.29) is 18.0 Å². The molecule has 0 saturated heterocycles. The molecule has 0 aliphatic carbocycles. The number of rotatable bonds is 8. The van der Waals surface area contributed by atoms with Crippen LogP contribution in [0.25, 0.3) is 11.8 Å². The second-order valence-electron chi connectivity index (χ2n) is 6.31. The van der Waals surface area contributed by atoms with Crippen molar-refractivity contribution in [3.05, 3.63) is 71.9 Å². The van der Waals surface area contributed by atoms with Gasteiger partial charge in [-0.15, -0.1) is 0 Å². The van der Waals surface area contributed by atoms with Crippen molar-refractivity contribution in [1.82, 2.24) is 9.78 Å². The highest BCUT2D eigenvalue weighted by molar-refractivity contribution is 6.05. The Morgan fingerprint density at radius 3 is 2.48 bits per heavy atom. The normalized spacial score (nSPS) is 10.7. The molecule has 0 aliphatic rings. The van der Waals surface area contributed by atoms with Gasteiger partial charge in [-0.3, -0.25) is 4.79 Å². The number of nitrogens with one attached hydrogen (secondary N) is 1. The average Bonchev–Trinajstić information content (AvgIpc) is 3.21. The number of amides is 1. The molecule has 1 heterocycles. The van der Waals surface area contributed by atoms with E-state index < -0.39 is 11.9 Å². The molecule has 1 amide bonds. The van der Waals surface area contributed by atoms with E-state index in [1.54, 1.807) is 45.4 Å². The first-order chi connectivity index (χ1) is 15.1. The van der Waals surface area contributed by atoms with Crippen LogP contribution >= 0.6 is 0 Å². The van der Waals surface area contributed by atoms with Gasteiger partial charge in [0.15, 0.2) is 17.3 Å². The molecule has 0 radical (unpaired) electrons. The van der Waals surface area contributed by atoms with Crippen LogP contribution in [0.2, 0.25) is 0 Å². The van der Waals surface area contributed by atoms with Gasteiger partial charge in [0.1, 0.15) is 5.56 Å². The van der Waals surface area contributed by atoms with E-state index in [4.69, 9.17) is 14.2 Å². The summed E-state index contributed by atoms with van der Waals surface area (Å²) in [5.41, 5.74) is 1.60. The van der Waals surface area contributed by atoms with Crippen LogP contribution in [0.1, 0.15) is 22.8 Å². The summed E-state index contributed by atoms with van der Waals surface area (Å²) in [5.74, 6) is 0.375. The lowest BCUT2D eigenvalue weighted by atomic mass is 10.2. The standard InChI is InChI=1S/C23H23N3O5/c1-4-31-23(28)18-15-24-26(17-8-6-5-7-9-17)22(18)25-21(27)13-11-16-10-12-19(29-2)20(14-16)30-3/h5-15H,4H2,1-3H3,(H,25,27)/b13-11+. The molecule has 2 aromatic carbocycles. The highest BCUT2D eigenvalue weighted by atomic mass is 16.5. The fraction of sp³-hybridized carbons (Fsp3) is 0.174. The van der Waals surface area contributed by atoms with Crippen molar-refractivity contribution < 1.29 is 23.8 Å². The van der Waals surface area contributed by atoms with Gasteiger partial charge in [0.2, 0.25) is 5.91 Å². The first-order valence-electron chi connectivity index (χ1n) is 9.59. The molecule has 0 spiro atoms. The van der Waals surface area contributed by atoms with Crippen LogP contribution in [0.3, 0.4) is 0 Å². The van der Waals surface area contributed by atoms with Gasteiger partial charge in [0.05, 0.1) is 32.7 Å². The van der Waals surface area contributed by atoms with Crippen molar-refractivity contribution >= 4 is 23.8 Å². The summed E-state index contributed by atoms with van der Waals surface area (Å²) >= 11 is 0. The van der Waals surface area contributed by atoms with Crippen LogP contribution in [0.4, 0.5) is 5.82 Å². The number of carbonyl (C=O) groups excluding carboxylic acids is 2. The zero-order valence-corrected chi connectivity index (χ0v) is 17.5. The highest BCUT2D eigenvalue weighted by Crippen LogP contribution is 2.28. The fourth-order valence-electron chi connectivity index (χ4n) is 2.88. The van der Waals surface area contributed by atoms with Crippen LogP contribution in [-0.2, 0) is 9.53 Å². The largest absolute Gasteiger partial charge is 0.493 e. The topological polar surface area (TPSA) is 91.7 Å². The van der Waals surface area contributed by atoms with Gasteiger partial charge in [-0.1, -0.05) is 24.3 Å². The second-order valence-corrected chi connectivity index (χ2v) is 6.31. The Kier molecular flexibility index (Phi) is 7.05. The molecule has 31 heavy (non-hydrogen) atoms. The summed E-state index contributed by atoms with van der Waals surface area (Å²) in [4.78, 5) is 25.0. The quantitative estimate of drug-likeness (QED) is 0.440. The number of esters is 1. The number of carbonyl (C=O) groups is 2. The Balaban J connectivity index is 1.87. The van der Waals surface area contributed by atoms with Crippen molar-refractivity contribution in [2.75, 3.05) is 26.1 Å². The molecular weight excluding hydrogens is 398 g/mol. The molecule has 0 atom stereocenters. The molecule has 1 aromatic heterocycles. The number of methoxy groups -OCH3 is 2. The summed E-state index contributed by atoms with van der Waals surface area (Å²) in [6, 6.07) is 14.5. The number of benzene rings is 2. The number of hydrogen-bond donors (Lipinski definition) is 1. The van der Waals surface area contributed by atoms with Gasteiger partial charge in [0.25, 0.3) is 0 Å². The monoisotopic (exact) mass is 421 g/mol. The summed E-state index contributed by atoms with van der Waals surface area (Å²) in [7, 11) is 3.09. The molecule has 3 rings (SSSR count). The van der Waals surface area contributed by atoms with Crippen molar-refractivity contribution in [2.45, 2.75) is 6.92 Å². The predicted molar refractivity (Wildman–Crippen MR) is 117 cm³/mol. The summed E-state index contributed by atoms with van der Waals surface area (Å²) in [6.45, 7) is 1.92. The molecule has 3 aromatic rings. The second kappa shape index (κ2) is 10.1. The van der Waals surface area contributed by atoms with E-state index in [1.165, 1.54) is 17.0 Å². The third-order valence-electron chi connectivity index (χ3n) is 4.34. The Hall–Kier alpha value is -4.07. The van der Waals surface area contributed by atoms with Gasteiger partial charge in [-0.25, -0.2) is 9.48 Å². The lowest BCUT2D eigenvalue weighted by Crippen LogP contribution is -2.16. The molecule has 1 N–H and O–H groups in total. The average molecular weight is 421 g/mol. The number of aromatic nitrogens is 2. The van der Waals surface area contributed by atoms with E-state index in [2.05, 4.69) is 10.4 Å². The van der Waals surface area contributed by atoms with Crippen molar-refractivity contribution in [1.29, 1.82) is 0 Å². The number of ether oxygens (including phenoxy) is 3. The molecule has 0 saturated carbocycles. The first-order valence-corrected chi connectivity index (χ1v) is 9.59. The van der Waals surface area contributed by atoms with Gasteiger partial charge < -0.3 is 19.5 Å². The SMILES string of the molecule is CCOC(=O)c1cnn(-c2ccccc2)c1NC(=O)/C=C/c1ccc(OC)c(OC)c1. The number of hydrogen-bond acceptors (Lipinski definition) is 6. The fourth-order valence-corrected chi connectivity index (χ4v) is 2.88. The zero-order chi connectivity index (χ0) is 22.2. The summed E-state index contributed by atoms with van der Waals surface area (Å²) in [5, 5.41) is 6.99. The maximum atomic E-state index is 12.6. The van der Waals surface area contributed by atoms with Gasteiger partial charge in [-0.2, -0.15) is 5.10 Å². The smallest absolute Gasteiger partial charge is 0.343 e. The first kappa shape index (κ1) is 21.6. The molecule has 8 heteroatoms. The number of nitrogens with zero attached hydrogens (tertiary/aromatic N) is 2. The Morgan fingerprint density at radius 1 is 1.06 bits per heavy atom. The minimum Gasteiger partial charge on any atom is -0.493 e. The molecular formula is C23H23N3O5. The lowest BCUT2D eigenvalue weighted by molar-refractivity contribution is -0.111. The molecule has 8 nitrogen and oxygen atoms in total. The van der Waals surface area contributed by atoms with Crippen molar-refractivity contribution in [3.63, 3.8) is 0 Å². The predicted octanol–water partition coefficient (Wildman–Crippen LogP) is 3.72. The van der Waals surface area contributed by atoms with Crippen LogP contribution in [0, 0.1) is 0 Å². The molecule has 160 valence electrons. The summed E-state index contributed by atoms with van der Waals surface area (Å²) in [6.07, 6.45) is 4.36. The highest BCUT2D eigenvalue weighted by Gasteiger charge is 2.20. The maximum Gasteiger partial charge on any atom is 0.343 e. The molecule has 0 bridgehead atoms. The maximum absolute atomic E-state index is 12.6. The van der Waals surface area contributed by atoms with Crippen LogP contribution in [-0.4, -0.2) is 42.5 Å². The van der Waals surface area contributed by atoms with E-state index in [9.17, 15) is 9.59 Å². The van der Waals surface area contributed by atoms with Crippen LogP contribution < -0.4 is 14.8 Å². The lowest BCUT2D eigenvalue weighted by Gasteiger charge is -2.10. The van der Waals surface area contributed by atoms with E-state index in [0.29, 0.717) is 17.2 Å². The van der Waals surface area contributed by atoms with Crippen LogP contribution in [0.5, 0.6) is 11.5 Å². The van der Waals surface area contributed by atoms with Crippen LogP contribution in [0.15, 0.2) is 60.8 Å². The molecule has 0 fully saturated rings. The van der Waals surface area contributed by atoms with Gasteiger partial charge in [0, 0.05) is 6.08 Å². The van der Waals surface area contributed by atoms with Gasteiger partial charge in [-0.05, 0) is 42.8 Å². The van der Waals surface area contributed by atoms with E-state index >= 15 is 0 Å². The number of anilines is 1. The number of para-hydroxylation sites is 1. The third-order valence-corrected chi connectivity index (χ3v) is 4.34. The molecule has 0 unspecified atom stereocenters. The summed E-state index contributed by atoms with van der Waals surface area (Å²) < 4.78 is 17.1. The van der Waals surface area contributed by atoms with Crippen molar-refractivity contribution in [2.24, 2.45) is 0 Å². The minimum absolute atomic E-state index is 0.165. The van der Waals surface area contributed by atoms with E-state index in [0.717, 1.165) is 5.56 Å². The zero-order valence-electron chi connectivity index (χ0n) is 17.5. The van der Waals surface area contributed by atoms with E-state index in [1.807, 2.05) is 30.3 Å². The third kappa shape index (κ3) is 5.11. The van der Waals surface area contributed by atoms with Crippen molar-refractivity contribution in [3.8, 4) is 17.2 Å². The Labute approximate surface area is 180 Å². The minimum atomic E-state index is -0.566.